The van der Waals surface area contributed by atoms with Gasteiger partial charge in [-0.3, -0.25) is 0 Å². The predicted octanol–water partition coefficient (Wildman–Crippen LogP) is 4.22. The van der Waals surface area contributed by atoms with Crippen molar-refractivity contribution in [3.05, 3.63) is 90.0 Å². The largest absolute Gasteiger partial charge is 0.488 e. The molecule has 142 valence electrons. The lowest BCUT2D eigenvalue weighted by molar-refractivity contribution is 0.264. The molecule has 5 nitrogen and oxygen atoms in total. The van der Waals surface area contributed by atoms with E-state index >= 15 is 0 Å². The highest BCUT2D eigenvalue weighted by molar-refractivity contribution is 5.95. The first-order chi connectivity index (χ1) is 13.9. The van der Waals surface area contributed by atoms with Gasteiger partial charge in [0.1, 0.15) is 13.2 Å². The second-order valence-corrected chi connectivity index (χ2v) is 6.44. The van der Waals surface area contributed by atoms with Crippen molar-refractivity contribution < 1.29 is 9.47 Å². The number of fused-ring (bicyclic) bond motifs is 1. The molecule has 1 aliphatic heterocycles. The highest BCUT2D eigenvalue weighted by Crippen LogP contribution is 2.27. The van der Waals surface area contributed by atoms with E-state index in [1.807, 2.05) is 66.7 Å². The molecule has 4 rings (SSSR count). The molecule has 3 aromatic rings. The third-order valence-corrected chi connectivity index (χ3v) is 4.42. The first-order valence-corrected chi connectivity index (χ1v) is 9.40. The van der Waals surface area contributed by atoms with E-state index < -0.39 is 0 Å². The summed E-state index contributed by atoms with van der Waals surface area (Å²) in [5, 5.41) is 6.59. The van der Waals surface area contributed by atoms with Crippen LogP contribution in [0.25, 0.3) is 0 Å². The third-order valence-electron chi connectivity index (χ3n) is 4.42. The van der Waals surface area contributed by atoms with Gasteiger partial charge in [-0.15, -0.1) is 0 Å². The Labute approximate surface area is 165 Å². The van der Waals surface area contributed by atoms with Crippen molar-refractivity contribution in [2.45, 2.75) is 13.2 Å². The van der Waals surface area contributed by atoms with Crippen LogP contribution in [0.4, 0.5) is 5.69 Å². The van der Waals surface area contributed by atoms with Crippen LogP contribution in [0.1, 0.15) is 11.1 Å². The van der Waals surface area contributed by atoms with Gasteiger partial charge in [0, 0.05) is 5.69 Å². The Balaban J connectivity index is 1.26. The lowest BCUT2D eigenvalue weighted by Gasteiger charge is -2.19. The van der Waals surface area contributed by atoms with Gasteiger partial charge in [0.25, 0.3) is 0 Å². The Morgan fingerprint density at radius 3 is 2.39 bits per heavy atom. The number of nitrogens with one attached hydrogen (secondary N) is 2. The van der Waals surface area contributed by atoms with Gasteiger partial charge < -0.3 is 20.1 Å². The van der Waals surface area contributed by atoms with E-state index in [1.54, 1.807) is 0 Å². The van der Waals surface area contributed by atoms with E-state index in [4.69, 9.17) is 9.47 Å². The molecule has 3 aromatic carbocycles. The number of anilines is 1. The third kappa shape index (κ3) is 4.62. The second kappa shape index (κ2) is 8.95. The summed E-state index contributed by atoms with van der Waals surface area (Å²) >= 11 is 0. The summed E-state index contributed by atoms with van der Waals surface area (Å²) in [6.07, 6.45) is 0. The van der Waals surface area contributed by atoms with Gasteiger partial charge in [-0.05, 0) is 29.3 Å². The topological polar surface area (TPSA) is 54.9 Å². The molecule has 0 fully saturated rings. The van der Waals surface area contributed by atoms with Crippen LogP contribution in [0.5, 0.6) is 11.5 Å². The van der Waals surface area contributed by atoms with E-state index in [1.165, 1.54) is 5.56 Å². The van der Waals surface area contributed by atoms with Crippen LogP contribution >= 0.6 is 0 Å². The number of rotatable bonds is 7. The van der Waals surface area contributed by atoms with Crippen molar-refractivity contribution in [1.29, 1.82) is 0 Å². The van der Waals surface area contributed by atoms with Crippen molar-refractivity contribution in [2.24, 2.45) is 4.99 Å². The zero-order valence-corrected chi connectivity index (χ0v) is 15.6. The van der Waals surface area contributed by atoms with Gasteiger partial charge in [0.05, 0.1) is 13.1 Å². The van der Waals surface area contributed by atoms with Crippen molar-refractivity contribution >= 4 is 11.6 Å². The number of nitrogens with zero attached hydrogens (tertiary/aromatic N) is 1. The summed E-state index contributed by atoms with van der Waals surface area (Å²) in [7, 11) is 0. The zero-order chi connectivity index (χ0) is 19.0. The molecule has 2 N–H and O–H groups in total. The molecular weight excluding hydrogens is 350 g/mol. The van der Waals surface area contributed by atoms with E-state index in [0.29, 0.717) is 26.3 Å². The summed E-state index contributed by atoms with van der Waals surface area (Å²) in [5.41, 5.74) is 3.43. The van der Waals surface area contributed by atoms with E-state index in [0.717, 1.165) is 28.7 Å². The van der Waals surface area contributed by atoms with Gasteiger partial charge in [0.15, 0.2) is 17.5 Å². The zero-order valence-electron chi connectivity index (χ0n) is 15.6. The first kappa shape index (κ1) is 17.9. The maximum atomic E-state index is 5.93. The molecule has 0 aliphatic carbocycles. The smallest absolute Gasteiger partial charge is 0.196 e. The molecule has 0 amide bonds. The van der Waals surface area contributed by atoms with Crippen molar-refractivity contribution in [2.75, 3.05) is 18.5 Å². The van der Waals surface area contributed by atoms with E-state index in [2.05, 4.69) is 27.8 Å². The van der Waals surface area contributed by atoms with E-state index in [-0.39, 0.29) is 0 Å². The van der Waals surface area contributed by atoms with Gasteiger partial charge >= 0.3 is 0 Å². The van der Waals surface area contributed by atoms with Gasteiger partial charge in [-0.1, -0.05) is 60.7 Å². The summed E-state index contributed by atoms with van der Waals surface area (Å²) in [6, 6.07) is 26.0. The molecule has 28 heavy (non-hydrogen) atoms. The first-order valence-electron chi connectivity index (χ1n) is 9.40. The highest BCUT2D eigenvalue weighted by Gasteiger charge is 2.10. The molecule has 0 spiro atoms. The normalized spacial score (nSPS) is 12.4. The molecule has 0 bridgehead atoms. The van der Waals surface area contributed by atoms with Crippen LogP contribution in [0.2, 0.25) is 0 Å². The second-order valence-electron chi connectivity index (χ2n) is 6.44. The Hall–Kier alpha value is -3.47. The molecule has 0 saturated carbocycles. The number of guanidine groups is 1. The predicted molar refractivity (Wildman–Crippen MR) is 112 cm³/mol. The minimum absolute atomic E-state index is 0.508. The molecule has 1 aliphatic rings. The van der Waals surface area contributed by atoms with E-state index in [9.17, 15) is 0 Å². The Morgan fingerprint density at radius 1 is 0.821 bits per heavy atom. The minimum atomic E-state index is 0.508. The monoisotopic (exact) mass is 373 g/mol. The molecule has 0 atom stereocenters. The highest BCUT2D eigenvalue weighted by atomic mass is 16.5. The van der Waals surface area contributed by atoms with Crippen LogP contribution < -0.4 is 20.1 Å². The SMILES string of the molecule is c1ccc(COc2ccccc2OCCNC2=NCc3ccccc3N2)cc1. The molecule has 1 heterocycles. The number of hydrogen-bond donors (Lipinski definition) is 2. The quantitative estimate of drug-likeness (QED) is 0.609. The fourth-order valence-corrected chi connectivity index (χ4v) is 2.97. The summed E-state index contributed by atoms with van der Waals surface area (Å²) in [4.78, 5) is 4.51. The van der Waals surface area contributed by atoms with Crippen LogP contribution in [-0.2, 0) is 13.2 Å². The molecule has 0 aromatic heterocycles. The average Bonchev–Trinajstić information content (AvgIpc) is 2.76. The molecule has 5 heteroatoms. The lowest BCUT2D eigenvalue weighted by atomic mass is 10.1. The maximum Gasteiger partial charge on any atom is 0.196 e. The summed E-state index contributed by atoms with van der Waals surface area (Å²) < 4.78 is 11.8. The summed E-state index contributed by atoms with van der Waals surface area (Å²) in [5.74, 6) is 2.26. The molecule has 0 radical (unpaired) electrons. The van der Waals surface area contributed by atoms with Gasteiger partial charge in [0.2, 0.25) is 0 Å². The molecule has 0 saturated heterocycles. The van der Waals surface area contributed by atoms with Crippen LogP contribution in [0, 0.1) is 0 Å². The van der Waals surface area contributed by atoms with Crippen LogP contribution in [0.15, 0.2) is 83.9 Å². The molecule has 0 unspecified atom stereocenters. The number of para-hydroxylation sites is 3. The van der Waals surface area contributed by atoms with Crippen LogP contribution in [-0.4, -0.2) is 19.1 Å². The standard InChI is InChI=1S/C23H23N3O2/c1-2-8-18(9-3-1)17-28-22-13-7-6-12-21(22)27-15-14-24-23-25-16-19-10-4-5-11-20(19)26-23/h1-13H,14-17H2,(H2,24,25,26). The lowest BCUT2D eigenvalue weighted by Crippen LogP contribution is -2.35. The van der Waals surface area contributed by atoms with Crippen molar-refractivity contribution in [3.8, 4) is 11.5 Å². The number of benzene rings is 3. The Morgan fingerprint density at radius 2 is 1.54 bits per heavy atom. The van der Waals surface area contributed by atoms with Crippen molar-refractivity contribution in [1.82, 2.24) is 5.32 Å². The summed E-state index contributed by atoms with van der Waals surface area (Å²) in [6.45, 7) is 2.34. The average molecular weight is 373 g/mol. The molecular formula is C23H23N3O2. The fraction of sp³-hybridized carbons (Fsp3) is 0.174. The van der Waals surface area contributed by atoms with Gasteiger partial charge in [-0.25, -0.2) is 4.99 Å². The Bertz CT molecular complexity index is 941. The number of hydrogen-bond acceptors (Lipinski definition) is 5. The maximum absolute atomic E-state index is 5.93. The van der Waals surface area contributed by atoms with Gasteiger partial charge in [-0.2, -0.15) is 0 Å². The fourth-order valence-electron chi connectivity index (χ4n) is 2.97. The number of aliphatic imine (C=N–C) groups is 1. The number of ether oxygens (including phenoxy) is 2. The van der Waals surface area contributed by atoms with Crippen LogP contribution in [0.3, 0.4) is 0 Å². The van der Waals surface area contributed by atoms with Crippen molar-refractivity contribution in [3.63, 3.8) is 0 Å². The Kier molecular flexibility index (Phi) is 5.73. The minimum Gasteiger partial charge on any atom is -0.488 e.